The molecule has 0 spiro atoms. The highest BCUT2D eigenvalue weighted by Gasteiger charge is 2.25. The number of nitrogens with zero attached hydrogens (tertiary/aromatic N) is 2. The number of hydrogen-bond donors (Lipinski definition) is 2. The minimum atomic E-state index is -0.241. The highest BCUT2D eigenvalue weighted by molar-refractivity contribution is 6.06. The number of aliphatic hydroxyl groups is 1. The fraction of sp³-hybridized carbons (Fsp3) is 0.360. The predicted molar refractivity (Wildman–Crippen MR) is 123 cm³/mol. The first-order valence-corrected chi connectivity index (χ1v) is 10.8. The maximum atomic E-state index is 12.7. The van der Waals surface area contributed by atoms with Gasteiger partial charge in [-0.25, -0.2) is 4.98 Å². The number of methoxy groups -OCH3 is 1. The molecule has 1 saturated heterocycles. The molecule has 1 aliphatic rings. The number of fused-ring (bicyclic) bond motifs is 1. The Labute approximate surface area is 188 Å². The van der Waals surface area contributed by atoms with Crippen LogP contribution in [0.4, 0.5) is 0 Å². The third-order valence-corrected chi connectivity index (χ3v) is 5.69. The van der Waals surface area contributed by atoms with Crippen LogP contribution in [0.25, 0.3) is 10.9 Å². The molecular formula is C25H29N3O4. The number of aromatic nitrogens is 1. The predicted octanol–water partition coefficient (Wildman–Crippen LogP) is 2.85. The van der Waals surface area contributed by atoms with Gasteiger partial charge in [0, 0.05) is 37.1 Å². The Morgan fingerprint density at radius 3 is 2.94 bits per heavy atom. The van der Waals surface area contributed by atoms with Gasteiger partial charge < -0.3 is 19.9 Å². The van der Waals surface area contributed by atoms with E-state index in [0.29, 0.717) is 18.7 Å². The average Bonchev–Trinajstić information content (AvgIpc) is 2.83. The number of aliphatic hydroxyl groups excluding tert-OH is 1. The number of amides is 1. The fourth-order valence-electron chi connectivity index (χ4n) is 4.06. The molecule has 0 saturated carbocycles. The third-order valence-electron chi connectivity index (χ3n) is 5.69. The van der Waals surface area contributed by atoms with Gasteiger partial charge in [0.25, 0.3) is 5.91 Å². The molecule has 1 fully saturated rings. The number of hydrogen-bond acceptors (Lipinski definition) is 6. The number of carbonyl (C=O) groups is 1. The van der Waals surface area contributed by atoms with Crippen LogP contribution in [0, 0.1) is 6.92 Å². The lowest BCUT2D eigenvalue weighted by Gasteiger charge is -2.33. The maximum Gasteiger partial charge on any atom is 0.252 e. The number of benzene rings is 2. The van der Waals surface area contributed by atoms with Crippen LogP contribution in [-0.2, 0) is 11.3 Å². The van der Waals surface area contributed by atoms with E-state index in [-0.39, 0.29) is 25.2 Å². The zero-order valence-corrected chi connectivity index (χ0v) is 18.5. The minimum Gasteiger partial charge on any atom is -0.496 e. The largest absolute Gasteiger partial charge is 0.496 e. The number of nitrogens with one attached hydrogen (secondary N) is 1. The van der Waals surface area contributed by atoms with Crippen LogP contribution in [0.15, 0.2) is 48.5 Å². The highest BCUT2D eigenvalue weighted by Crippen LogP contribution is 2.28. The molecule has 0 bridgehead atoms. The zero-order valence-electron chi connectivity index (χ0n) is 18.5. The lowest BCUT2D eigenvalue weighted by molar-refractivity contribution is -0.0350. The molecule has 1 unspecified atom stereocenters. The molecule has 2 aromatic carbocycles. The number of ether oxygens (including phenoxy) is 2. The summed E-state index contributed by atoms with van der Waals surface area (Å²) in [6.07, 6.45) is -0.241. The van der Waals surface area contributed by atoms with Gasteiger partial charge >= 0.3 is 0 Å². The Kier molecular flexibility index (Phi) is 6.99. The Balaban J connectivity index is 1.59. The molecule has 7 heteroatoms. The summed E-state index contributed by atoms with van der Waals surface area (Å²) in [5, 5.41) is 12.6. The van der Waals surface area contributed by atoms with Crippen molar-refractivity contribution >= 4 is 16.8 Å². The Morgan fingerprint density at radius 2 is 2.12 bits per heavy atom. The summed E-state index contributed by atoms with van der Waals surface area (Å²) in [6.45, 7) is 4.96. The summed E-state index contributed by atoms with van der Waals surface area (Å²) in [5.74, 6) is 0.663. The molecule has 1 aromatic heterocycles. The van der Waals surface area contributed by atoms with Gasteiger partial charge in [0.05, 0.1) is 37.1 Å². The van der Waals surface area contributed by atoms with Crippen molar-refractivity contribution in [2.24, 2.45) is 0 Å². The van der Waals surface area contributed by atoms with Crippen LogP contribution in [0.5, 0.6) is 5.75 Å². The number of rotatable bonds is 7. The van der Waals surface area contributed by atoms with E-state index in [0.717, 1.165) is 46.6 Å². The van der Waals surface area contributed by atoms with E-state index in [2.05, 4.69) is 35.3 Å². The molecule has 1 aliphatic heterocycles. The first-order valence-electron chi connectivity index (χ1n) is 10.8. The van der Waals surface area contributed by atoms with E-state index < -0.39 is 0 Å². The Morgan fingerprint density at radius 1 is 1.28 bits per heavy atom. The van der Waals surface area contributed by atoms with Crippen LogP contribution >= 0.6 is 0 Å². The average molecular weight is 436 g/mol. The molecule has 3 aromatic rings. The van der Waals surface area contributed by atoms with Crippen LogP contribution in [0.3, 0.4) is 0 Å². The maximum absolute atomic E-state index is 12.7. The summed E-state index contributed by atoms with van der Waals surface area (Å²) < 4.78 is 11.6. The smallest absolute Gasteiger partial charge is 0.252 e. The molecule has 0 radical (unpaired) electrons. The van der Waals surface area contributed by atoms with Gasteiger partial charge in [-0.3, -0.25) is 9.69 Å². The van der Waals surface area contributed by atoms with Crippen LogP contribution < -0.4 is 10.1 Å². The van der Waals surface area contributed by atoms with Gasteiger partial charge in [-0.2, -0.15) is 0 Å². The van der Waals surface area contributed by atoms with Gasteiger partial charge in [-0.1, -0.05) is 30.3 Å². The minimum absolute atomic E-state index is 0.106. The summed E-state index contributed by atoms with van der Waals surface area (Å²) in [4.78, 5) is 19.9. The van der Waals surface area contributed by atoms with Crippen molar-refractivity contribution in [3.63, 3.8) is 0 Å². The molecule has 7 nitrogen and oxygen atoms in total. The second-order valence-electron chi connectivity index (χ2n) is 8.00. The summed E-state index contributed by atoms with van der Waals surface area (Å²) in [7, 11) is 1.70. The van der Waals surface area contributed by atoms with Gasteiger partial charge in [0.15, 0.2) is 0 Å². The normalized spacial score (nSPS) is 16.8. The van der Waals surface area contributed by atoms with Crippen molar-refractivity contribution in [3.05, 3.63) is 70.9 Å². The van der Waals surface area contributed by atoms with E-state index in [9.17, 15) is 4.79 Å². The number of carbonyl (C=O) groups excluding carboxylic acids is 1. The van der Waals surface area contributed by atoms with Crippen LogP contribution in [0.1, 0.15) is 33.3 Å². The second kappa shape index (κ2) is 10.1. The fourth-order valence-corrected chi connectivity index (χ4v) is 4.06. The van der Waals surface area contributed by atoms with Gasteiger partial charge in [-0.15, -0.1) is 0 Å². The van der Waals surface area contributed by atoms with Crippen LogP contribution in [-0.4, -0.2) is 60.9 Å². The molecule has 2 N–H and O–H groups in total. The lowest BCUT2D eigenvalue weighted by Crippen LogP contribution is -2.38. The second-order valence-corrected chi connectivity index (χ2v) is 8.00. The van der Waals surface area contributed by atoms with Gasteiger partial charge in [-0.05, 0) is 30.7 Å². The van der Waals surface area contributed by atoms with E-state index in [1.165, 1.54) is 0 Å². The quantitative estimate of drug-likeness (QED) is 0.594. The van der Waals surface area contributed by atoms with E-state index in [1.807, 2.05) is 30.3 Å². The standard InChI is InChI=1S/C25H29N3O4/c1-17-7-8-18(23(13-17)31-2)15-28-10-12-32-24(16-28)22-14-20(25(30)26-9-11-29)19-5-3-4-6-21(19)27-22/h3-8,13-14,24,29H,9-12,15-16H2,1-2H3,(H,26,30). The Hall–Kier alpha value is -3.00. The van der Waals surface area contributed by atoms with Crippen molar-refractivity contribution in [3.8, 4) is 5.75 Å². The van der Waals surface area contributed by atoms with Gasteiger partial charge in [0.2, 0.25) is 0 Å². The molecule has 32 heavy (non-hydrogen) atoms. The number of pyridine rings is 1. The molecule has 1 atom stereocenters. The van der Waals surface area contributed by atoms with E-state index in [4.69, 9.17) is 19.6 Å². The first kappa shape index (κ1) is 22.2. The molecule has 1 amide bonds. The number of morpholine rings is 1. The SMILES string of the molecule is COc1cc(C)ccc1CN1CCOC(c2cc(C(=O)NCCO)c3ccccc3n2)C1. The molecule has 0 aliphatic carbocycles. The number of para-hydroxylation sites is 1. The monoisotopic (exact) mass is 435 g/mol. The third kappa shape index (κ3) is 4.91. The summed E-state index contributed by atoms with van der Waals surface area (Å²) >= 11 is 0. The van der Waals surface area contributed by atoms with Crippen molar-refractivity contribution < 1.29 is 19.4 Å². The first-order chi connectivity index (χ1) is 15.6. The van der Waals surface area contributed by atoms with Gasteiger partial charge in [0.1, 0.15) is 11.9 Å². The van der Waals surface area contributed by atoms with E-state index >= 15 is 0 Å². The molecule has 2 heterocycles. The van der Waals surface area contributed by atoms with Crippen molar-refractivity contribution in [1.29, 1.82) is 0 Å². The summed E-state index contributed by atoms with van der Waals surface area (Å²) in [6, 6.07) is 15.7. The Bertz CT molecular complexity index is 1100. The summed E-state index contributed by atoms with van der Waals surface area (Å²) in [5.41, 5.74) is 4.32. The van der Waals surface area contributed by atoms with E-state index in [1.54, 1.807) is 7.11 Å². The van der Waals surface area contributed by atoms with Crippen molar-refractivity contribution in [2.45, 2.75) is 19.6 Å². The van der Waals surface area contributed by atoms with Crippen molar-refractivity contribution in [2.75, 3.05) is 40.0 Å². The molecule has 4 rings (SSSR count). The molecule has 168 valence electrons. The number of aryl methyl sites for hydroxylation is 1. The van der Waals surface area contributed by atoms with Crippen molar-refractivity contribution in [1.82, 2.24) is 15.2 Å². The topological polar surface area (TPSA) is 83.9 Å². The molecular weight excluding hydrogens is 406 g/mol. The zero-order chi connectivity index (χ0) is 22.5. The lowest BCUT2D eigenvalue weighted by atomic mass is 10.0. The van der Waals surface area contributed by atoms with Crippen LogP contribution in [0.2, 0.25) is 0 Å². The highest BCUT2D eigenvalue weighted by atomic mass is 16.5.